The molecular formula is C19H22N2O6. The zero-order chi connectivity index (χ0) is 20.1. The number of ether oxygens (including phenoxy) is 2. The van der Waals surface area contributed by atoms with Crippen molar-refractivity contribution in [2.45, 2.75) is 33.6 Å². The van der Waals surface area contributed by atoms with E-state index in [0.717, 1.165) is 0 Å². The Bertz CT molecular complexity index is 810. The highest BCUT2D eigenvalue weighted by Gasteiger charge is 2.42. The summed E-state index contributed by atoms with van der Waals surface area (Å²) in [4.78, 5) is 40.0. The van der Waals surface area contributed by atoms with Gasteiger partial charge in [0.05, 0.1) is 23.7 Å². The van der Waals surface area contributed by atoms with Crippen LogP contribution in [0.2, 0.25) is 0 Å². The number of nitro groups is 1. The van der Waals surface area contributed by atoms with Crippen LogP contribution < -0.4 is 0 Å². The Hall–Kier alpha value is -3.03. The molecule has 1 aromatic rings. The normalized spacial score (nSPS) is 19.3. The van der Waals surface area contributed by atoms with Crippen LogP contribution in [0.4, 0.5) is 5.69 Å². The topological polar surface area (TPSA) is 108 Å². The number of carbonyl (C=O) groups excluding carboxylic acids is 2. The van der Waals surface area contributed by atoms with Gasteiger partial charge in [-0.05, 0) is 33.3 Å². The van der Waals surface area contributed by atoms with Crippen LogP contribution in [0.5, 0.6) is 0 Å². The lowest BCUT2D eigenvalue weighted by Crippen LogP contribution is -2.36. The second kappa shape index (κ2) is 8.57. The van der Waals surface area contributed by atoms with Crippen LogP contribution in [0.1, 0.15) is 39.2 Å². The third kappa shape index (κ3) is 4.21. The van der Waals surface area contributed by atoms with Gasteiger partial charge in [-0.2, -0.15) is 0 Å². The molecule has 0 bridgehead atoms. The molecule has 1 aliphatic heterocycles. The summed E-state index contributed by atoms with van der Waals surface area (Å²) in [5.41, 5.74) is 1.73. The van der Waals surface area contributed by atoms with Crippen molar-refractivity contribution in [1.82, 2.24) is 0 Å². The number of allylic oxidation sites excluding steroid dienone is 1. The number of non-ortho nitro benzene ring substituents is 1. The Labute approximate surface area is 157 Å². The average molecular weight is 374 g/mol. The molecule has 0 saturated carbocycles. The number of rotatable bonds is 6. The largest absolute Gasteiger partial charge is 0.465 e. The van der Waals surface area contributed by atoms with E-state index < -0.39 is 28.7 Å². The lowest BCUT2D eigenvalue weighted by Gasteiger charge is -2.31. The van der Waals surface area contributed by atoms with E-state index in [1.165, 1.54) is 12.1 Å². The molecule has 2 rings (SSSR count). The maximum Gasteiger partial charge on any atom is 0.336 e. The van der Waals surface area contributed by atoms with E-state index in [1.54, 1.807) is 39.8 Å². The Kier molecular flexibility index (Phi) is 6.44. The summed E-state index contributed by atoms with van der Waals surface area (Å²) in [6.45, 7) is 7.12. The molecule has 0 N–H and O–H groups in total. The van der Waals surface area contributed by atoms with E-state index in [4.69, 9.17) is 9.47 Å². The molecule has 2 atom stereocenters. The number of hydrogen-bond acceptors (Lipinski definition) is 7. The third-order valence-electron chi connectivity index (χ3n) is 4.33. The predicted molar refractivity (Wildman–Crippen MR) is 98.4 cm³/mol. The lowest BCUT2D eigenvalue weighted by atomic mass is 9.75. The first-order valence-corrected chi connectivity index (χ1v) is 8.65. The van der Waals surface area contributed by atoms with Crippen molar-refractivity contribution >= 4 is 23.3 Å². The lowest BCUT2D eigenvalue weighted by molar-refractivity contribution is -0.384. The minimum absolute atomic E-state index is 0.0778. The summed E-state index contributed by atoms with van der Waals surface area (Å²) >= 11 is 0. The Balaban J connectivity index is 2.61. The molecule has 0 aromatic heterocycles. The van der Waals surface area contributed by atoms with Gasteiger partial charge >= 0.3 is 11.9 Å². The molecule has 0 spiro atoms. The van der Waals surface area contributed by atoms with Crippen molar-refractivity contribution in [2.24, 2.45) is 10.9 Å². The quantitative estimate of drug-likeness (QED) is 0.430. The fraction of sp³-hybridized carbons (Fsp3) is 0.421. The molecule has 8 nitrogen and oxygen atoms in total. The standard InChI is InChI=1S/C19H22N2O6/c1-5-26-18(22)15-11(3)20-12(4)16(19(23)27-6-2)17(15)13-7-9-14(10-8-13)21(24)25/h7-10,15,17H,5-6H2,1-4H3. The molecule has 1 aromatic carbocycles. The Morgan fingerprint density at radius 2 is 1.70 bits per heavy atom. The second-order valence-corrected chi connectivity index (χ2v) is 6.03. The first-order valence-electron chi connectivity index (χ1n) is 8.65. The zero-order valence-corrected chi connectivity index (χ0v) is 15.7. The molecule has 0 amide bonds. The van der Waals surface area contributed by atoms with Crippen molar-refractivity contribution < 1.29 is 24.0 Å². The van der Waals surface area contributed by atoms with Crippen LogP contribution in [-0.2, 0) is 19.1 Å². The van der Waals surface area contributed by atoms with Gasteiger partial charge in [0.15, 0.2) is 0 Å². The van der Waals surface area contributed by atoms with Crippen LogP contribution >= 0.6 is 0 Å². The molecule has 1 heterocycles. The van der Waals surface area contributed by atoms with Crippen molar-refractivity contribution in [3.8, 4) is 0 Å². The van der Waals surface area contributed by atoms with Gasteiger partial charge in [-0.15, -0.1) is 0 Å². The smallest absolute Gasteiger partial charge is 0.336 e. The number of nitrogens with zero attached hydrogens (tertiary/aromatic N) is 2. The van der Waals surface area contributed by atoms with Crippen molar-refractivity contribution in [2.75, 3.05) is 13.2 Å². The highest BCUT2D eigenvalue weighted by Crippen LogP contribution is 2.40. The second-order valence-electron chi connectivity index (χ2n) is 6.03. The van der Waals surface area contributed by atoms with Crippen molar-refractivity contribution in [3.63, 3.8) is 0 Å². The van der Waals surface area contributed by atoms with Gasteiger partial charge in [-0.1, -0.05) is 12.1 Å². The van der Waals surface area contributed by atoms with Gasteiger partial charge in [0, 0.05) is 29.5 Å². The summed E-state index contributed by atoms with van der Waals surface area (Å²) in [7, 11) is 0. The zero-order valence-electron chi connectivity index (χ0n) is 15.7. The molecule has 2 unspecified atom stereocenters. The minimum atomic E-state index is -0.811. The van der Waals surface area contributed by atoms with E-state index in [9.17, 15) is 19.7 Å². The molecule has 144 valence electrons. The molecule has 0 fully saturated rings. The fourth-order valence-corrected chi connectivity index (χ4v) is 3.21. The minimum Gasteiger partial charge on any atom is -0.465 e. The molecule has 27 heavy (non-hydrogen) atoms. The number of aliphatic imine (C=N–C) groups is 1. The van der Waals surface area contributed by atoms with E-state index in [1.807, 2.05) is 0 Å². The maximum atomic E-state index is 12.6. The molecule has 0 saturated heterocycles. The first kappa shape index (κ1) is 20.3. The predicted octanol–water partition coefficient (Wildman–Crippen LogP) is 3.17. The van der Waals surface area contributed by atoms with Crippen LogP contribution in [0, 0.1) is 16.0 Å². The number of carbonyl (C=O) groups is 2. The van der Waals surface area contributed by atoms with Crippen LogP contribution in [-0.4, -0.2) is 35.8 Å². The van der Waals surface area contributed by atoms with Crippen molar-refractivity contribution in [3.05, 3.63) is 51.2 Å². The van der Waals surface area contributed by atoms with Crippen LogP contribution in [0.25, 0.3) is 0 Å². The first-order chi connectivity index (χ1) is 12.8. The van der Waals surface area contributed by atoms with Crippen molar-refractivity contribution in [1.29, 1.82) is 0 Å². The number of nitro benzene ring substituents is 1. The number of hydrogen-bond donors (Lipinski definition) is 0. The van der Waals surface area contributed by atoms with Gasteiger partial charge in [0.25, 0.3) is 5.69 Å². The van der Waals surface area contributed by atoms with Crippen LogP contribution in [0.3, 0.4) is 0 Å². The van der Waals surface area contributed by atoms with Gasteiger partial charge < -0.3 is 9.47 Å². The van der Waals surface area contributed by atoms with Crippen LogP contribution in [0.15, 0.2) is 40.5 Å². The summed E-state index contributed by atoms with van der Waals surface area (Å²) < 4.78 is 10.3. The average Bonchev–Trinajstić information content (AvgIpc) is 2.61. The van der Waals surface area contributed by atoms with Gasteiger partial charge in [-0.25, -0.2) is 4.79 Å². The summed E-state index contributed by atoms with van der Waals surface area (Å²) in [5, 5.41) is 10.9. The maximum absolute atomic E-state index is 12.6. The monoisotopic (exact) mass is 374 g/mol. The molecular weight excluding hydrogens is 352 g/mol. The van der Waals surface area contributed by atoms with E-state index >= 15 is 0 Å². The van der Waals surface area contributed by atoms with Gasteiger partial charge in [0.1, 0.15) is 5.92 Å². The highest BCUT2D eigenvalue weighted by molar-refractivity contribution is 6.07. The van der Waals surface area contributed by atoms with E-state index in [2.05, 4.69) is 4.99 Å². The molecule has 8 heteroatoms. The van der Waals surface area contributed by atoms with E-state index in [-0.39, 0.29) is 24.5 Å². The SMILES string of the molecule is CCOC(=O)C1=C(C)N=C(C)C(C(=O)OCC)C1c1ccc([N+](=O)[O-])cc1. The molecule has 0 aliphatic carbocycles. The summed E-state index contributed by atoms with van der Waals surface area (Å²) in [5.74, 6) is -2.57. The Morgan fingerprint density at radius 1 is 1.11 bits per heavy atom. The number of esters is 2. The summed E-state index contributed by atoms with van der Waals surface area (Å²) in [6.07, 6.45) is 0. The highest BCUT2D eigenvalue weighted by atomic mass is 16.6. The molecule has 0 radical (unpaired) electrons. The third-order valence-corrected chi connectivity index (χ3v) is 4.33. The molecule has 1 aliphatic rings. The fourth-order valence-electron chi connectivity index (χ4n) is 3.21. The van der Waals surface area contributed by atoms with Gasteiger partial charge in [0.2, 0.25) is 0 Å². The number of benzene rings is 1. The summed E-state index contributed by atoms with van der Waals surface area (Å²) in [6, 6.07) is 5.77. The van der Waals surface area contributed by atoms with Gasteiger partial charge in [-0.3, -0.25) is 19.9 Å². The van der Waals surface area contributed by atoms with E-state index in [0.29, 0.717) is 17.0 Å². The Morgan fingerprint density at radius 3 is 2.22 bits per heavy atom.